The minimum atomic E-state index is -0.669. The number of urea groups is 1. The molecule has 1 aliphatic heterocycles. The minimum Gasteiger partial charge on any atom is -0.460 e. The number of allylic oxidation sites excluding steroid dienone is 1. The highest BCUT2D eigenvalue weighted by molar-refractivity contribution is 6.04. The van der Waals surface area contributed by atoms with Gasteiger partial charge < -0.3 is 25.0 Å². The Balaban J connectivity index is 1.81. The Labute approximate surface area is 180 Å². The number of hydrogen-bond acceptors (Lipinski definition) is 5. The summed E-state index contributed by atoms with van der Waals surface area (Å²) in [7, 11) is 3.11. The van der Waals surface area contributed by atoms with Crippen molar-refractivity contribution in [3.8, 4) is 0 Å². The molecular weight excluding hydrogens is 398 g/mol. The van der Waals surface area contributed by atoms with Crippen molar-refractivity contribution in [2.24, 2.45) is 0 Å². The van der Waals surface area contributed by atoms with E-state index in [9.17, 15) is 14.4 Å². The number of benzene rings is 2. The number of esters is 1. The number of methoxy groups -OCH3 is 1. The predicted molar refractivity (Wildman–Crippen MR) is 115 cm³/mol. The van der Waals surface area contributed by atoms with Gasteiger partial charge in [0.1, 0.15) is 6.61 Å². The van der Waals surface area contributed by atoms with E-state index in [0.717, 1.165) is 0 Å². The summed E-state index contributed by atoms with van der Waals surface area (Å²) >= 11 is 0. The fourth-order valence-electron chi connectivity index (χ4n) is 3.20. The lowest BCUT2D eigenvalue weighted by Crippen LogP contribution is -2.46. The summed E-state index contributed by atoms with van der Waals surface area (Å²) in [5.41, 5.74) is 2.70. The first-order chi connectivity index (χ1) is 14.9. The van der Waals surface area contributed by atoms with Gasteiger partial charge >= 0.3 is 12.0 Å². The molecule has 0 saturated carbocycles. The van der Waals surface area contributed by atoms with E-state index in [1.165, 1.54) is 12.0 Å². The summed E-state index contributed by atoms with van der Waals surface area (Å²) in [6.07, 6.45) is 0. The van der Waals surface area contributed by atoms with Gasteiger partial charge in [0, 0.05) is 31.1 Å². The summed E-state index contributed by atoms with van der Waals surface area (Å²) in [6.45, 7) is 2.09. The van der Waals surface area contributed by atoms with Crippen molar-refractivity contribution in [3.63, 3.8) is 0 Å². The Bertz CT molecular complexity index is 986. The van der Waals surface area contributed by atoms with Gasteiger partial charge in [0.25, 0.3) is 5.91 Å². The van der Waals surface area contributed by atoms with Crippen LogP contribution in [0.15, 0.2) is 65.9 Å². The Morgan fingerprint density at radius 3 is 2.39 bits per heavy atom. The van der Waals surface area contributed by atoms with Crippen LogP contribution >= 0.6 is 0 Å². The second kappa shape index (κ2) is 9.90. The highest BCUT2D eigenvalue weighted by atomic mass is 16.6. The number of hydrogen-bond donors (Lipinski definition) is 2. The molecule has 1 heterocycles. The summed E-state index contributed by atoms with van der Waals surface area (Å²) in [5, 5.41) is 5.66. The molecule has 0 unspecified atom stereocenters. The van der Waals surface area contributed by atoms with Crippen molar-refractivity contribution in [1.29, 1.82) is 0 Å². The Kier molecular flexibility index (Phi) is 7.04. The molecule has 2 aromatic rings. The molecule has 2 aromatic carbocycles. The highest BCUT2D eigenvalue weighted by Crippen LogP contribution is 2.31. The van der Waals surface area contributed by atoms with Crippen molar-refractivity contribution in [3.05, 3.63) is 77.0 Å². The third-order valence-corrected chi connectivity index (χ3v) is 5.03. The van der Waals surface area contributed by atoms with Crippen LogP contribution in [-0.4, -0.2) is 50.2 Å². The monoisotopic (exact) mass is 423 g/mol. The summed E-state index contributed by atoms with van der Waals surface area (Å²) in [4.78, 5) is 38.8. The van der Waals surface area contributed by atoms with Crippen molar-refractivity contribution in [2.45, 2.75) is 13.0 Å². The maximum Gasteiger partial charge on any atom is 0.338 e. The third kappa shape index (κ3) is 5.10. The van der Waals surface area contributed by atoms with Crippen LogP contribution in [0, 0.1) is 0 Å². The highest BCUT2D eigenvalue weighted by Gasteiger charge is 2.35. The van der Waals surface area contributed by atoms with E-state index < -0.39 is 12.0 Å². The number of ether oxygens (including phenoxy) is 2. The van der Waals surface area contributed by atoms with Crippen LogP contribution in [0.3, 0.4) is 0 Å². The van der Waals surface area contributed by atoms with Gasteiger partial charge in [0.2, 0.25) is 0 Å². The van der Waals surface area contributed by atoms with Crippen molar-refractivity contribution < 1.29 is 23.9 Å². The van der Waals surface area contributed by atoms with Crippen molar-refractivity contribution in [1.82, 2.24) is 10.2 Å². The van der Waals surface area contributed by atoms with E-state index in [1.54, 1.807) is 62.5 Å². The summed E-state index contributed by atoms with van der Waals surface area (Å²) < 4.78 is 10.2. The lowest BCUT2D eigenvalue weighted by Gasteiger charge is -2.33. The molecule has 0 aliphatic carbocycles. The second-order valence-electron chi connectivity index (χ2n) is 7.01. The first-order valence-corrected chi connectivity index (χ1v) is 9.79. The zero-order valence-electron chi connectivity index (χ0n) is 17.7. The molecule has 8 heteroatoms. The maximum atomic E-state index is 12.7. The average molecular weight is 423 g/mol. The molecule has 8 nitrogen and oxygen atoms in total. The molecule has 0 bridgehead atoms. The number of nitrogens with zero attached hydrogens (tertiary/aromatic N) is 1. The summed E-state index contributed by atoms with van der Waals surface area (Å²) in [6, 6.07) is 14.9. The van der Waals surface area contributed by atoms with Gasteiger partial charge in [0.15, 0.2) is 0 Å². The SMILES string of the molecule is COCCOC(=O)C1=C(C)N(C)C(=O)N[C@@H]1c1ccc(NC(=O)c2ccccc2)cc1. The fraction of sp³-hybridized carbons (Fsp3) is 0.261. The van der Waals surface area contributed by atoms with E-state index in [-0.39, 0.29) is 25.2 Å². The molecule has 0 fully saturated rings. The van der Waals surface area contributed by atoms with E-state index >= 15 is 0 Å². The van der Waals surface area contributed by atoms with Gasteiger partial charge in [-0.25, -0.2) is 9.59 Å². The molecular formula is C23H25N3O5. The van der Waals surface area contributed by atoms with Crippen molar-refractivity contribution >= 4 is 23.6 Å². The normalized spacial score (nSPS) is 16.0. The third-order valence-electron chi connectivity index (χ3n) is 5.03. The molecule has 0 saturated heterocycles. The molecule has 3 rings (SSSR count). The van der Waals surface area contributed by atoms with E-state index in [0.29, 0.717) is 28.1 Å². The molecule has 0 spiro atoms. The van der Waals surface area contributed by atoms with E-state index in [1.807, 2.05) is 6.07 Å². The maximum absolute atomic E-state index is 12.7. The fourth-order valence-corrected chi connectivity index (χ4v) is 3.20. The smallest absolute Gasteiger partial charge is 0.338 e. The number of anilines is 1. The Morgan fingerprint density at radius 1 is 1.06 bits per heavy atom. The molecule has 162 valence electrons. The van der Waals surface area contributed by atoms with Crippen LogP contribution < -0.4 is 10.6 Å². The number of carbonyl (C=O) groups is 3. The van der Waals surface area contributed by atoms with Gasteiger partial charge in [0.05, 0.1) is 18.2 Å². The van der Waals surface area contributed by atoms with Gasteiger partial charge in [-0.2, -0.15) is 0 Å². The number of amides is 3. The van der Waals surface area contributed by atoms with Crippen LogP contribution in [0.5, 0.6) is 0 Å². The molecule has 0 aromatic heterocycles. The van der Waals surface area contributed by atoms with Gasteiger partial charge in [-0.15, -0.1) is 0 Å². The van der Waals surface area contributed by atoms with Crippen molar-refractivity contribution in [2.75, 3.05) is 32.7 Å². The zero-order valence-corrected chi connectivity index (χ0v) is 17.7. The van der Waals surface area contributed by atoms with Gasteiger partial charge in [-0.05, 0) is 36.8 Å². The van der Waals surface area contributed by atoms with E-state index in [4.69, 9.17) is 9.47 Å². The Morgan fingerprint density at radius 2 is 1.74 bits per heavy atom. The molecule has 1 atom stereocenters. The van der Waals surface area contributed by atoms with Crippen LogP contribution in [-0.2, 0) is 14.3 Å². The first kappa shape index (κ1) is 22.0. The molecule has 0 radical (unpaired) electrons. The quantitative estimate of drug-likeness (QED) is 0.527. The summed E-state index contributed by atoms with van der Waals surface area (Å²) in [5.74, 6) is -0.744. The molecule has 31 heavy (non-hydrogen) atoms. The molecule has 2 N–H and O–H groups in total. The van der Waals surface area contributed by atoms with Crippen LogP contribution in [0.4, 0.5) is 10.5 Å². The van der Waals surface area contributed by atoms with Crippen LogP contribution in [0.2, 0.25) is 0 Å². The average Bonchev–Trinajstić information content (AvgIpc) is 2.78. The van der Waals surface area contributed by atoms with Crippen LogP contribution in [0.25, 0.3) is 0 Å². The Hall–Kier alpha value is -3.65. The predicted octanol–water partition coefficient (Wildman–Crippen LogP) is 3.10. The van der Waals surface area contributed by atoms with Gasteiger partial charge in [-0.1, -0.05) is 30.3 Å². The lowest BCUT2D eigenvalue weighted by atomic mass is 9.95. The largest absolute Gasteiger partial charge is 0.460 e. The topological polar surface area (TPSA) is 97.0 Å². The lowest BCUT2D eigenvalue weighted by molar-refractivity contribution is -0.140. The number of rotatable bonds is 7. The zero-order chi connectivity index (χ0) is 22.4. The number of nitrogens with one attached hydrogen (secondary N) is 2. The molecule has 1 aliphatic rings. The first-order valence-electron chi connectivity index (χ1n) is 9.79. The standard InChI is InChI=1S/C23H25N3O5/c1-15-19(22(28)31-14-13-30-3)20(25-23(29)26(15)2)16-9-11-18(12-10-16)24-21(27)17-7-5-4-6-8-17/h4-12,20H,13-14H2,1-3H3,(H,24,27)(H,25,29)/t20-/m1/s1. The van der Waals surface area contributed by atoms with Gasteiger partial charge in [-0.3, -0.25) is 4.79 Å². The number of carbonyl (C=O) groups excluding carboxylic acids is 3. The second-order valence-corrected chi connectivity index (χ2v) is 7.01. The minimum absolute atomic E-state index is 0.112. The molecule has 3 amide bonds. The van der Waals surface area contributed by atoms with E-state index in [2.05, 4.69) is 10.6 Å². The van der Waals surface area contributed by atoms with Crippen LogP contribution in [0.1, 0.15) is 28.9 Å².